The molecule has 0 atom stereocenters. The zero-order chi connectivity index (χ0) is 13.2. The fraction of sp³-hybridized carbons (Fsp3) is 0.133. The molecular weight excluding hydrogens is 320 g/mol. The van der Waals surface area contributed by atoms with Crippen LogP contribution in [0.15, 0.2) is 46.3 Å². The van der Waals surface area contributed by atoms with Crippen molar-refractivity contribution in [3.8, 4) is 0 Å². The number of nitrogens with zero attached hydrogens (tertiary/aromatic N) is 1. The lowest BCUT2D eigenvalue weighted by Crippen LogP contribution is -1.99. The highest BCUT2D eigenvalue weighted by molar-refractivity contribution is 9.11. The maximum absolute atomic E-state index is 4.55. The van der Waals surface area contributed by atoms with E-state index in [1.165, 1.54) is 14.0 Å². The molecule has 0 saturated heterocycles. The number of para-hydroxylation sites is 1. The molecule has 19 heavy (non-hydrogen) atoms. The molecule has 3 rings (SSSR count). The van der Waals surface area contributed by atoms with Gasteiger partial charge < -0.3 is 5.32 Å². The molecule has 2 nitrogen and oxygen atoms in total. The average Bonchev–Trinajstić information content (AvgIpc) is 2.81. The van der Waals surface area contributed by atoms with Gasteiger partial charge in [0.25, 0.3) is 0 Å². The van der Waals surface area contributed by atoms with Crippen molar-refractivity contribution in [2.24, 2.45) is 0 Å². The van der Waals surface area contributed by atoms with E-state index in [0.717, 1.165) is 23.4 Å². The van der Waals surface area contributed by atoms with E-state index in [0.29, 0.717) is 0 Å². The van der Waals surface area contributed by atoms with E-state index >= 15 is 0 Å². The summed E-state index contributed by atoms with van der Waals surface area (Å²) in [4.78, 5) is 5.86. The molecule has 4 heteroatoms. The van der Waals surface area contributed by atoms with E-state index in [4.69, 9.17) is 0 Å². The van der Waals surface area contributed by atoms with Gasteiger partial charge >= 0.3 is 0 Å². The number of halogens is 1. The highest BCUT2D eigenvalue weighted by Gasteiger charge is 2.04. The van der Waals surface area contributed by atoms with E-state index in [2.05, 4.69) is 56.6 Å². The molecule has 1 aromatic carbocycles. The fourth-order valence-corrected chi connectivity index (χ4v) is 3.51. The Kier molecular flexibility index (Phi) is 3.53. The van der Waals surface area contributed by atoms with Gasteiger partial charge in [-0.1, -0.05) is 18.2 Å². The summed E-state index contributed by atoms with van der Waals surface area (Å²) in [6, 6.07) is 14.5. The summed E-state index contributed by atoms with van der Waals surface area (Å²) < 4.78 is 1.17. The predicted octanol–water partition coefficient (Wildman–Crippen LogP) is 4.98. The summed E-state index contributed by atoms with van der Waals surface area (Å²) in [6.07, 6.45) is 0. The lowest BCUT2D eigenvalue weighted by Gasteiger charge is -2.09. The van der Waals surface area contributed by atoms with Crippen LogP contribution in [0.4, 0.5) is 5.69 Å². The number of benzene rings is 1. The van der Waals surface area contributed by atoms with Crippen molar-refractivity contribution in [3.63, 3.8) is 0 Å². The Morgan fingerprint density at radius 2 is 2.05 bits per heavy atom. The Hall–Kier alpha value is -1.39. The van der Waals surface area contributed by atoms with E-state index in [1.54, 1.807) is 11.3 Å². The molecule has 2 aromatic heterocycles. The number of anilines is 1. The molecule has 0 aliphatic heterocycles. The lowest BCUT2D eigenvalue weighted by molar-refractivity contribution is 1.18. The Morgan fingerprint density at radius 1 is 1.21 bits per heavy atom. The molecule has 1 N–H and O–H groups in total. The second-order valence-electron chi connectivity index (χ2n) is 4.39. The first-order chi connectivity index (χ1) is 9.22. The van der Waals surface area contributed by atoms with Crippen molar-refractivity contribution in [2.75, 3.05) is 5.32 Å². The van der Waals surface area contributed by atoms with Crippen LogP contribution in [0.1, 0.15) is 10.6 Å². The van der Waals surface area contributed by atoms with Crippen LogP contribution in [0.25, 0.3) is 10.9 Å². The molecule has 0 radical (unpaired) electrons. The molecule has 3 aromatic rings. The van der Waals surface area contributed by atoms with Gasteiger partial charge in [0, 0.05) is 28.2 Å². The normalized spacial score (nSPS) is 10.8. The minimum atomic E-state index is 0.837. The number of fused-ring (bicyclic) bond motifs is 1. The van der Waals surface area contributed by atoms with Gasteiger partial charge in [-0.15, -0.1) is 11.3 Å². The van der Waals surface area contributed by atoms with Crippen LogP contribution in [0, 0.1) is 6.92 Å². The second-order valence-corrected chi connectivity index (χ2v) is 6.94. The predicted molar refractivity (Wildman–Crippen MR) is 85.8 cm³/mol. The number of aromatic nitrogens is 1. The van der Waals surface area contributed by atoms with E-state index in [9.17, 15) is 0 Å². The Labute approximate surface area is 124 Å². The van der Waals surface area contributed by atoms with Gasteiger partial charge in [-0.05, 0) is 47.1 Å². The Bertz CT molecular complexity index is 721. The lowest BCUT2D eigenvalue weighted by atomic mass is 10.1. The van der Waals surface area contributed by atoms with E-state index in [-0.39, 0.29) is 0 Å². The van der Waals surface area contributed by atoms with E-state index in [1.807, 2.05) is 19.1 Å². The van der Waals surface area contributed by atoms with Gasteiger partial charge in [0.15, 0.2) is 0 Å². The summed E-state index contributed by atoms with van der Waals surface area (Å²) in [6.45, 7) is 2.86. The van der Waals surface area contributed by atoms with E-state index < -0.39 is 0 Å². The van der Waals surface area contributed by atoms with Crippen molar-refractivity contribution in [1.82, 2.24) is 4.98 Å². The molecule has 0 aliphatic carbocycles. The largest absolute Gasteiger partial charge is 0.380 e. The molecule has 2 heterocycles. The molecule has 0 fully saturated rings. The first kappa shape index (κ1) is 12.6. The number of hydrogen-bond donors (Lipinski definition) is 1. The minimum Gasteiger partial charge on any atom is -0.380 e. The highest BCUT2D eigenvalue weighted by Crippen LogP contribution is 2.26. The first-order valence-corrected chi connectivity index (χ1v) is 7.68. The van der Waals surface area contributed by atoms with Crippen LogP contribution < -0.4 is 5.32 Å². The van der Waals surface area contributed by atoms with Gasteiger partial charge in [-0.2, -0.15) is 0 Å². The van der Waals surface area contributed by atoms with Crippen LogP contribution in [0.2, 0.25) is 0 Å². The van der Waals surface area contributed by atoms with Crippen molar-refractivity contribution in [2.45, 2.75) is 13.5 Å². The molecule has 0 saturated carbocycles. The van der Waals surface area contributed by atoms with Crippen LogP contribution in [-0.4, -0.2) is 4.98 Å². The zero-order valence-corrected chi connectivity index (χ0v) is 12.9. The third kappa shape index (κ3) is 2.80. The van der Waals surface area contributed by atoms with Gasteiger partial charge in [0.2, 0.25) is 0 Å². The standard InChI is InChI=1S/C15H13BrN2S/c1-10-8-14(12-4-2-3-5-13(12)18-10)17-9-11-6-7-15(16)19-11/h2-8H,9H2,1H3,(H,17,18). The number of hydrogen-bond acceptors (Lipinski definition) is 3. The van der Waals surface area contributed by atoms with Crippen LogP contribution in [0.3, 0.4) is 0 Å². The number of nitrogens with one attached hydrogen (secondary N) is 1. The number of pyridine rings is 1. The molecule has 0 spiro atoms. The summed E-state index contributed by atoms with van der Waals surface area (Å²) in [7, 11) is 0. The minimum absolute atomic E-state index is 0.837. The number of thiophene rings is 1. The van der Waals surface area contributed by atoms with Crippen LogP contribution >= 0.6 is 27.3 Å². The molecule has 0 amide bonds. The Balaban J connectivity index is 1.91. The van der Waals surface area contributed by atoms with Crippen molar-refractivity contribution < 1.29 is 0 Å². The summed E-state index contributed by atoms with van der Waals surface area (Å²) in [5.41, 5.74) is 3.22. The molecule has 0 bridgehead atoms. The highest BCUT2D eigenvalue weighted by atomic mass is 79.9. The maximum atomic E-state index is 4.55. The topological polar surface area (TPSA) is 24.9 Å². The fourth-order valence-electron chi connectivity index (χ4n) is 2.08. The maximum Gasteiger partial charge on any atom is 0.0725 e. The van der Waals surface area contributed by atoms with Gasteiger partial charge in [0.1, 0.15) is 0 Å². The second kappa shape index (κ2) is 5.31. The number of aryl methyl sites for hydroxylation is 1. The van der Waals surface area contributed by atoms with Gasteiger partial charge in [-0.3, -0.25) is 4.98 Å². The third-order valence-corrected chi connectivity index (χ3v) is 4.55. The van der Waals surface area contributed by atoms with Crippen molar-refractivity contribution in [1.29, 1.82) is 0 Å². The molecule has 0 aliphatic rings. The first-order valence-electron chi connectivity index (χ1n) is 6.07. The van der Waals surface area contributed by atoms with Crippen molar-refractivity contribution in [3.05, 3.63) is 56.8 Å². The summed E-state index contributed by atoms with van der Waals surface area (Å²) >= 11 is 5.25. The van der Waals surface area contributed by atoms with Crippen LogP contribution in [0.5, 0.6) is 0 Å². The smallest absolute Gasteiger partial charge is 0.0725 e. The monoisotopic (exact) mass is 332 g/mol. The summed E-state index contributed by atoms with van der Waals surface area (Å²) in [5, 5.41) is 4.68. The third-order valence-electron chi connectivity index (χ3n) is 2.93. The number of rotatable bonds is 3. The average molecular weight is 333 g/mol. The molecule has 0 unspecified atom stereocenters. The van der Waals surface area contributed by atoms with Crippen LogP contribution in [-0.2, 0) is 6.54 Å². The van der Waals surface area contributed by atoms with Crippen molar-refractivity contribution >= 4 is 43.9 Å². The zero-order valence-electron chi connectivity index (χ0n) is 10.5. The summed E-state index contributed by atoms with van der Waals surface area (Å²) in [5.74, 6) is 0. The SMILES string of the molecule is Cc1cc(NCc2ccc(Br)s2)c2ccccc2n1. The Morgan fingerprint density at radius 3 is 2.84 bits per heavy atom. The van der Waals surface area contributed by atoms with Gasteiger partial charge in [-0.25, -0.2) is 0 Å². The quantitative estimate of drug-likeness (QED) is 0.731. The molecular formula is C15H13BrN2S. The molecule has 96 valence electrons. The van der Waals surface area contributed by atoms with Gasteiger partial charge in [0.05, 0.1) is 9.30 Å².